The summed E-state index contributed by atoms with van der Waals surface area (Å²) in [7, 11) is 0. The maximum absolute atomic E-state index is 11.9. The summed E-state index contributed by atoms with van der Waals surface area (Å²) in [5.74, 6) is 1.93. The van der Waals surface area contributed by atoms with Crippen molar-refractivity contribution in [2.24, 2.45) is 0 Å². The third-order valence-corrected chi connectivity index (χ3v) is 5.76. The molecule has 2 saturated heterocycles. The number of amides is 1. The molecule has 1 amide bonds. The van der Waals surface area contributed by atoms with Gasteiger partial charge in [0.05, 0.1) is 13.2 Å². The molecule has 2 aliphatic rings. The van der Waals surface area contributed by atoms with Crippen LogP contribution >= 0.6 is 0 Å². The van der Waals surface area contributed by atoms with E-state index in [1.807, 2.05) is 30.9 Å². The molecular weight excluding hydrogens is 346 g/mol. The Morgan fingerprint density at radius 2 is 2.04 bits per heavy atom. The molecule has 0 spiro atoms. The van der Waals surface area contributed by atoms with Crippen molar-refractivity contribution in [1.82, 2.24) is 14.7 Å². The molecule has 7 nitrogen and oxygen atoms in total. The number of carbonyl (C=O) groups is 1. The molecule has 0 unspecified atom stereocenters. The molecule has 0 bridgehead atoms. The van der Waals surface area contributed by atoms with Crippen LogP contribution in [0.5, 0.6) is 0 Å². The van der Waals surface area contributed by atoms with Crippen LogP contribution in [0.25, 0.3) is 0 Å². The maximum atomic E-state index is 11.9. The maximum Gasteiger partial charge on any atom is 0.409 e. The van der Waals surface area contributed by atoms with Gasteiger partial charge in [-0.2, -0.15) is 0 Å². The van der Waals surface area contributed by atoms with Gasteiger partial charge in [-0.15, -0.1) is 0 Å². The number of ether oxygens (including phenoxy) is 1. The molecular formula is C20H33N3O4. The van der Waals surface area contributed by atoms with Crippen LogP contribution in [0.1, 0.15) is 37.7 Å². The van der Waals surface area contributed by atoms with Crippen LogP contribution in [0.15, 0.2) is 16.5 Å². The Balaban J connectivity index is 1.53. The van der Waals surface area contributed by atoms with Gasteiger partial charge < -0.3 is 19.2 Å². The minimum Gasteiger partial charge on any atom is -0.465 e. The number of furan rings is 1. The van der Waals surface area contributed by atoms with Gasteiger partial charge >= 0.3 is 6.09 Å². The normalized spacial score (nSPS) is 22.9. The lowest BCUT2D eigenvalue weighted by molar-refractivity contribution is 0.00955. The number of nitrogens with zero attached hydrogens (tertiary/aromatic N) is 3. The van der Waals surface area contributed by atoms with Crippen molar-refractivity contribution in [2.75, 3.05) is 45.9 Å². The van der Waals surface area contributed by atoms with E-state index in [0.717, 1.165) is 70.1 Å². The third kappa shape index (κ3) is 5.24. The fourth-order valence-corrected chi connectivity index (χ4v) is 4.28. The second kappa shape index (κ2) is 9.57. The number of aliphatic hydroxyl groups is 1. The zero-order chi connectivity index (χ0) is 19.2. The van der Waals surface area contributed by atoms with Gasteiger partial charge in [-0.3, -0.25) is 9.80 Å². The summed E-state index contributed by atoms with van der Waals surface area (Å²) in [6.45, 7) is 9.73. The largest absolute Gasteiger partial charge is 0.465 e. The summed E-state index contributed by atoms with van der Waals surface area (Å²) in [5.41, 5.74) is 0. The topological polar surface area (TPSA) is 69.4 Å². The predicted octanol–water partition coefficient (Wildman–Crippen LogP) is 2.08. The molecule has 1 N–H and O–H groups in total. The monoisotopic (exact) mass is 379 g/mol. The van der Waals surface area contributed by atoms with Crippen LogP contribution in [0, 0.1) is 6.92 Å². The van der Waals surface area contributed by atoms with Crippen molar-refractivity contribution in [1.29, 1.82) is 0 Å². The van der Waals surface area contributed by atoms with Gasteiger partial charge in [0.2, 0.25) is 0 Å². The summed E-state index contributed by atoms with van der Waals surface area (Å²) >= 11 is 0. The molecule has 27 heavy (non-hydrogen) atoms. The van der Waals surface area contributed by atoms with E-state index in [2.05, 4.69) is 9.80 Å². The van der Waals surface area contributed by atoms with E-state index < -0.39 is 0 Å². The smallest absolute Gasteiger partial charge is 0.409 e. The molecule has 0 aliphatic carbocycles. The molecule has 152 valence electrons. The van der Waals surface area contributed by atoms with Crippen molar-refractivity contribution in [3.63, 3.8) is 0 Å². The Kier molecular flexibility index (Phi) is 7.15. The molecule has 3 rings (SSSR count). The second-order valence-corrected chi connectivity index (χ2v) is 7.56. The zero-order valence-electron chi connectivity index (χ0n) is 16.6. The van der Waals surface area contributed by atoms with Crippen LogP contribution < -0.4 is 0 Å². The number of piperazine rings is 1. The number of piperidine rings is 1. The first kappa shape index (κ1) is 20.2. The van der Waals surface area contributed by atoms with Crippen LogP contribution in [-0.2, 0) is 11.3 Å². The van der Waals surface area contributed by atoms with Crippen molar-refractivity contribution in [2.45, 2.75) is 51.7 Å². The number of carbonyl (C=O) groups excluding carboxylic acids is 1. The molecule has 1 atom stereocenters. The second-order valence-electron chi connectivity index (χ2n) is 7.56. The van der Waals surface area contributed by atoms with E-state index >= 15 is 0 Å². The number of likely N-dealkylation sites (tertiary alicyclic amines) is 1. The molecule has 7 heteroatoms. The average molecular weight is 380 g/mol. The quantitative estimate of drug-likeness (QED) is 0.816. The number of aliphatic hydroxyl groups excluding tert-OH is 1. The van der Waals surface area contributed by atoms with E-state index in [-0.39, 0.29) is 12.7 Å². The van der Waals surface area contributed by atoms with Gasteiger partial charge in [-0.05, 0) is 45.2 Å². The van der Waals surface area contributed by atoms with E-state index in [1.165, 1.54) is 0 Å². The Labute approximate surface area is 161 Å². The highest BCUT2D eigenvalue weighted by Crippen LogP contribution is 2.23. The molecule has 0 radical (unpaired) electrons. The van der Waals surface area contributed by atoms with Crippen LogP contribution in [0.2, 0.25) is 0 Å². The molecule has 0 saturated carbocycles. The van der Waals surface area contributed by atoms with Crippen LogP contribution in [0.4, 0.5) is 4.79 Å². The van der Waals surface area contributed by atoms with Crippen LogP contribution in [-0.4, -0.2) is 83.9 Å². The average Bonchev–Trinajstić information content (AvgIpc) is 3.08. The minimum absolute atomic E-state index is 0.187. The molecule has 1 aromatic heterocycles. The van der Waals surface area contributed by atoms with Gasteiger partial charge in [0.15, 0.2) is 0 Å². The fraction of sp³-hybridized carbons (Fsp3) is 0.750. The molecule has 0 aromatic carbocycles. The number of aryl methyl sites for hydroxylation is 1. The van der Waals surface area contributed by atoms with Gasteiger partial charge in [-0.25, -0.2) is 4.79 Å². The van der Waals surface area contributed by atoms with Gasteiger partial charge in [-0.1, -0.05) is 0 Å². The molecule has 2 fully saturated rings. The predicted molar refractivity (Wildman–Crippen MR) is 103 cm³/mol. The van der Waals surface area contributed by atoms with E-state index in [0.29, 0.717) is 18.7 Å². The first-order valence-electron chi connectivity index (χ1n) is 10.2. The lowest BCUT2D eigenvalue weighted by atomic mass is 9.99. The summed E-state index contributed by atoms with van der Waals surface area (Å²) in [4.78, 5) is 18.7. The highest BCUT2D eigenvalue weighted by molar-refractivity contribution is 5.67. The third-order valence-electron chi connectivity index (χ3n) is 5.76. The van der Waals surface area contributed by atoms with Gasteiger partial charge in [0.1, 0.15) is 11.5 Å². The Morgan fingerprint density at radius 1 is 1.26 bits per heavy atom. The summed E-state index contributed by atoms with van der Waals surface area (Å²) < 4.78 is 10.9. The minimum atomic E-state index is -0.187. The summed E-state index contributed by atoms with van der Waals surface area (Å²) in [5, 5.41) is 9.52. The Bertz CT molecular complexity index is 598. The number of hydrogen-bond acceptors (Lipinski definition) is 6. The van der Waals surface area contributed by atoms with Gasteiger partial charge in [0, 0.05) is 51.4 Å². The lowest BCUT2D eigenvalue weighted by Crippen LogP contribution is -2.57. The fourth-order valence-electron chi connectivity index (χ4n) is 4.28. The van der Waals surface area contributed by atoms with Crippen LogP contribution in [0.3, 0.4) is 0 Å². The summed E-state index contributed by atoms with van der Waals surface area (Å²) in [6.07, 6.45) is 2.56. The first-order chi connectivity index (χ1) is 13.1. The molecule has 2 aliphatic heterocycles. The number of rotatable bonds is 6. The Hall–Kier alpha value is -1.57. The summed E-state index contributed by atoms with van der Waals surface area (Å²) in [6, 6.07) is 4.88. The Morgan fingerprint density at radius 3 is 2.67 bits per heavy atom. The van der Waals surface area contributed by atoms with E-state index in [4.69, 9.17) is 9.15 Å². The highest BCUT2D eigenvalue weighted by Gasteiger charge is 2.33. The first-order valence-corrected chi connectivity index (χ1v) is 10.2. The molecule has 3 heterocycles. The van der Waals surface area contributed by atoms with Crippen molar-refractivity contribution < 1.29 is 19.1 Å². The van der Waals surface area contributed by atoms with Crippen molar-refractivity contribution in [3.8, 4) is 0 Å². The highest BCUT2D eigenvalue weighted by atomic mass is 16.6. The van der Waals surface area contributed by atoms with E-state index in [1.54, 1.807) is 0 Å². The van der Waals surface area contributed by atoms with E-state index in [9.17, 15) is 9.90 Å². The standard InChI is InChI=1S/C20H33N3O4/c1-3-26-20(25)21-9-6-17(7-10-21)22-11-12-23(18(14-22)8-13-24)15-19-5-4-16(2)27-19/h4-5,17-18,24H,3,6-15H2,1-2H3/t18-/m0/s1. The zero-order valence-corrected chi connectivity index (χ0v) is 16.6. The van der Waals surface area contributed by atoms with Gasteiger partial charge in [0.25, 0.3) is 0 Å². The lowest BCUT2D eigenvalue weighted by Gasteiger charge is -2.46. The van der Waals surface area contributed by atoms with Crippen molar-refractivity contribution in [3.05, 3.63) is 23.7 Å². The molecule has 1 aromatic rings. The number of hydrogen-bond donors (Lipinski definition) is 1. The van der Waals surface area contributed by atoms with Crippen molar-refractivity contribution >= 4 is 6.09 Å². The SMILES string of the molecule is CCOC(=O)N1CCC(N2CCN(Cc3ccc(C)o3)[C@@H](CCO)C2)CC1.